The third-order valence-electron chi connectivity index (χ3n) is 4.78. The van der Waals surface area contributed by atoms with E-state index in [-0.39, 0.29) is 33.7 Å². The van der Waals surface area contributed by atoms with Crippen LogP contribution in [-0.2, 0) is 16.2 Å². The molecule has 0 bridgehead atoms. The van der Waals surface area contributed by atoms with Gasteiger partial charge in [-0.25, -0.2) is 14.1 Å². The number of rotatable bonds is 5. The van der Waals surface area contributed by atoms with Gasteiger partial charge < -0.3 is 4.74 Å². The molecule has 0 saturated carbocycles. The molecule has 3 aromatic carbocycles. The highest BCUT2D eigenvalue weighted by atomic mass is 35.5. The summed E-state index contributed by atoms with van der Waals surface area (Å²) >= 11 is 11.9. The molecule has 1 aliphatic heterocycles. The molecular weight excluding hydrogens is 470 g/mol. The molecule has 4 amide bonds. The SMILES string of the molecule is O=C1NC(=O)N(c2ccc(Cl)c(Cl)c2)C(=O)/C1=C\c1cccc(OCc2ccccc2F)c1. The summed E-state index contributed by atoms with van der Waals surface area (Å²) in [7, 11) is 0. The fourth-order valence-corrected chi connectivity index (χ4v) is 3.45. The Hall–Kier alpha value is -3.68. The van der Waals surface area contributed by atoms with E-state index in [1.54, 1.807) is 42.5 Å². The van der Waals surface area contributed by atoms with Crippen LogP contribution in [-0.4, -0.2) is 17.8 Å². The largest absolute Gasteiger partial charge is 0.489 e. The first kappa shape index (κ1) is 22.5. The highest BCUT2D eigenvalue weighted by Gasteiger charge is 2.37. The van der Waals surface area contributed by atoms with E-state index >= 15 is 0 Å². The Balaban J connectivity index is 1.59. The lowest BCUT2D eigenvalue weighted by atomic mass is 10.1. The van der Waals surface area contributed by atoms with Crippen LogP contribution in [0.25, 0.3) is 6.08 Å². The fraction of sp³-hybridized carbons (Fsp3) is 0.0417. The Morgan fingerprint density at radius 1 is 0.939 bits per heavy atom. The predicted molar refractivity (Wildman–Crippen MR) is 123 cm³/mol. The maximum atomic E-state index is 13.8. The van der Waals surface area contributed by atoms with Crippen LogP contribution in [0.15, 0.2) is 72.3 Å². The number of benzene rings is 3. The second kappa shape index (κ2) is 9.44. The lowest BCUT2D eigenvalue weighted by molar-refractivity contribution is -0.122. The number of carbonyl (C=O) groups excluding carboxylic acids is 3. The van der Waals surface area contributed by atoms with Gasteiger partial charge in [0.25, 0.3) is 11.8 Å². The molecule has 0 unspecified atom stereocenters. The second-order valence-electron chi connectivity index (χ2n) is 7.01. The molecule has 0 aliphatic carbocycles. The van der Waals surface area contributed by atoms with Gasteiger partial charge in [-0.2, -0.15) is 0 Å². The summed E-state index contributed by atoms with van der Waals surface area (Å²) in [6, 6.07) is 16.2. The number of imide groups is 2. The highest BCUT2D eigenvalue weighted by Crippen LogP contribution is 2.29. The standard InChI is InChI=1S/C24H15Cl2FN2O4/c25-19-9-8-16(12-20(19)26)29-23(31)18(22(30)28-24(29)32)11-14-4-3-6-17(10-14)33-13-15-5-1-2-7-21(15)27/h1-12H,13H2,(H,28,30,32)/b18-11-. The minimum absolute atomic E-state index is 0.00568. The number of nitrogens with one attached hydrogen (secondary N) is 1. The van der Waals surface area contributed by atoms with E-state index in [1.165, 1.54) is 30.3 Å². The number of carbonyl (C=O) groups is 3. The van der Waals surface area contributed by atoms with Crippen LogP contribution in [0.3, 0.4) is 0 Å². The van der Waals surface area contributed by atoms with Crippen molar-refractivity contribution >= 4 is 52.8 Å². The van der Waals surface area contributed by atoms with Crippen molar-refractivity contribution in [3.63, 3.8) is 0 Å². The summed E-state index contributed by atoms with van der Waals surface area (Å²) in [4.78, 5) is 38.5. The molecule has 1 N–H and O–H groups in total. The number of hydrogen-bond donors (Lipinski definition) is 1. The Kier molecular flexibility index (Phi) is 6.44. The number of urea groups is 1. The van der Waals surface area contributed by atoms with Crippen molar-refractivity contribution in [3.05, 3.63) is 99.3 Å². The van der Waals surface area contributed by atoms with Crippen LogP contribution in [0.2, 0.25) is 10.0 Å². The highest BCUT2D eigenvalue weighted by molar-refractivity contribution is 6.43. The van der Waals surface area contributed by atoms with E-state index in [1.807, 2.05) is 0 Å². The number of halogens is 3. The zero-order valence-corrected chi connectivity index (χ0v) is 18.4. The zero-order chi connectivity index (χ0) is 23.5. The summed E-state index contributed by atoms with van der Waals surface area (Å²) in [5.74, 6) is -1.63. The number of hydrogen-bond acceptors (Lipinski definition) is 4. The van der Waals surface area contributed by atoms with Crippen LogP contribution in [0, 0.1) is 5.82 Å². The van der Waals surface area contributed by atoms with E-state index in [0.29, 0.717) is 16.9 Å². The number of ether oxygens (including phenoxy) is 1. The van der Waals surface area contributed by atoms with Crippen LogP contribution in [0.1, 0.15) is 11.1 Å². The first-order valence-electron chi connectivity index (χ1n) is 9.66. The lowest BCUT2D eigenvalue weighted by Crippen LogP contribution is -2.54. The molecule has 9 heteroatoms. The van der Waals surface area contributed by atoms with Crippen molar-refractivity contribution in [3.8, 4) is 5.75 Å². The molecule has 1 heterocycles. The van der Waals surface area contributed by atoms with Crippen LogP contribution in [0.4, 0.5) is 14.9 Å². The maximum Gasteiger partial charge on any atom is 0.335 e. The van der Waals surface area contributed by atoms with Crippen molar-refractivity contribution in [2.24, 2.45) is 0 Å². The summed E-state index contributed by atoms with van der Waals surface area (Å²) in [5, 5.41) is 2.54. The molecule has 0 spiro atoms. The smallest absolute Gasteiger partial charge is 0.335 e. The number of barbiturate groups is 1. The topological polar surface area (TPSA) is 75.7 Å². The molecule has 1 saturated heterocycles. The molecule has 0 aromatic heterocycles. The van der Waals surface area contributed by atoms with Gasteiger partial charge in [0.1, 0.15) is 23.7 Å². The van der Waals surface area contributed by atoms with E-state index in [0.717, 1.165) is 4.90 Å². The Labute approximate surface area is 198 Å². The van der Waals surface area contributed by atoms with Gasteiger partial charge in [0.05, 0.1) is 15.7 Å². The van der Waals surface area contributed by atoms with Crippen molar-refractivity contribution in [1.82, 2.24) is 5.32 Å². The zero-order valence-electron chi connectivity index (χ0n) is 16.8. The molecule has 166 valence electrons. The van der Waals surface area contributed by atoms with Gasteiger partial charge >= 0.3 is 6.03 Å². The van der Waals surface area contributed by atoms with E-state index in [4.69, 9.17) is 27.9 Å². The third-order valence-corrected chi connectivity index (χ3v) is 5.52. The molecule has 6 nitrogen and oxygen atoms in total. The normalized spacial score (nSPS) is 15.1. The first-order chi connectivity index (χ1) is 15.8. The molecule has 4 rings (SSSR count). The van der Waals surface area contributed by atoms with Crippen molar-refractivity contribution < 1.29 is 23.5 Å². The minimum atomic E-state index is -0.900. The quantitative estimate of drug-likeness (QED) is 0.389. The predicted octanol–water partition coefficient (Wildman–Crippen LogP) is 5.38. The Morgan fingerprint density at radius 3 is 2.48 bits per heavy atom. The van der Waals surface area contributed by atoms with E-state index in [9.17, 15) is 18.8 Å². The molecule has 0 atom stereocenters. The van der Waals surface area contributed by atoms with Gasteiger partial charge in [0, 0.05) is 5.56 Å². The number of anilines is 1. The van der Waals surface area contributed by atoms with Crippen LogP contribution in [0.5, 0.6) is 5.75 Å². The molecular formula is C24H15Cl2FN2O4. The average molecular weight is 485 g/mol. The van der Waals surface area contributed by atoms with Crippen molar-refractivity contribution in [1.29, 1.82) is 0 Å². The summed E-state index contributed by atoms with van der Waals surface area (Å²) in [6.07, 6.45) is 1.34. The number of amides is 4. The molecule has 1 aliphatic rings. The van der Waals surface area contributed by atoms with Gasteiger partial charge in [-0.05, 0) is 48.0 Å². The monoisotopic (exact) mass is 484 g/mol. The van der Waals surface area contributed by atoms with Crippen LogP contribution < -0.4 is 15.0 Å². The maximum absolute atomic E-state index is 13.8. The first-order valence-corrected chi connectivity index (χ1v) is 10.4. The molecule has 3 aromatic rings. The van der Waals surface area contributed by atoms with E-state index in [2.05, 4.69) is 5.32 Å². The second-order valence-corrected chi connectivity index (χ2v) is 7.82. The van der Waals surface area contributed by atoms with Crippen molar-refractivity contribution in [2.45, 2.75) is 6.61 Å². The molecule has 33 heavy (non-hydrogen) atoms. The van der Waals surface area contributed by atoms with Crippen LogP contribution >= 0.6 is 23.2 Å². The lowest BCUT2D eigenvalue weighted by Gasteiger charge is -2.26. The van der Waals surface area contributed by atoms with Gasteiger partial charge in [-0.3, -0.25) is 14.9 Å². The average Bonchev–Trinajstić information content (AvgIpc) is 2.78. The van der Waals surface area contributed by atoms with Gasteiger partial charge in [0.2, 0.25) is 0 Å². The molecule has 1 fully saturated rings. The van der Waals surface area contributed by atoms with Crippen molar-refractivity contribution in [2.75, 3.05) is 4.90 Å². The summed E-state index contributed by atoms with van der Waals surface area (Å²) in [6.45, 7) is 0.00568. The van der Waals surface area contributed by atoms with Gasteiger partial charge in [-0.1, -0.05) is 53.5 Å². The fourth-order valence-electron chi connectivity index (χ4n) is 3.15. The Bertz CT molecular complexity index is 1310. The van der Waals surface area contributed by atoms with E-state index < -0.39 is 17.8 Å². The summed E-state index contributed by atoms with van der Waals surface area (Å²) < 4.78 is 19.4. The Morgan fingerprint density at radius 2 is 1.73 bits per heavy atom. The summed E-state index contributed by atoms with van der Waals surface area (Å²) in [5.41, 5.74) is 0.765. The minimum Gasteiger partial charge on any atom is -0.489 e. The third kappa shape index (κ3) is 4.89. The number of nitrogens with zero attached hydrogens (tertiary/aromatic N) is 1. The molecule has 0 radical (unpaired) electrons. The van der Waals surface area contributed by atoms with Gasteiger partial charge in [-0.15, -0.1) is 0 Å². The van der Waals surface area contributed by atoms with Gasteiger partial charge in [0.15, 0.2) is 0 Å².